The van der Waals surface area contributed by atoms with Crippen molar-refractivity contribution in [2.75, 3.05) is 0 Å². The predicted molar refractivity (Wildman–Crippen MR) is 56.3 cm³/mol. The lowest BCUT2D eigenvalue weighted by Gasteiger charge is -2.09. The summed E-state index contributed by atoms with van der Waals surface area (Å²) in [6, 6.07) is 7.65. The monoisotopic (exact) mass is 259 g/mol. The fraction of sp³-hybridized carbons (Fsp3) is 0.222. The molecular formula is C9H7BrClNO. The largest absolute Gasteiger partial charge is 0.386 e. The van der Waals surface area contributed by atoms with Crippen molar-refractivity contribution in [2.24, 2.45) is 5.16 Å². The van der Waals surface area contributed by atoms with Crippen LogP contribution in [-0.4, -0.2) is 4.62 Å². The molecule has 1 atom stereocenters. The summed E-state index contributed by atoms with van der Waals surface area (Å²) >= 11 is 9.29. The van der Waals surface area contributed by atoms with Crippen LogP contribution in [-0.2, 0) is 4.84 Å². The zero-order chi connectivity index (χ0) is 9.26. The van der Waals surface area contributed by atoms with Crippen molar-refractivity contribution in [1.29, 1.82) is 0 Å². The Morgan fingerprint density at radius 2 is 2.23 bits per heavy atom. The van der Waals surface area contributed by atoms with E-state index >= 15 is 0 Å². The predicted octanol–water partition coefficient (Wildman–Crippen LogP) is 3.51. The van der Waals surface area contributed by atoms with E-state index in [9.17, 15) is 0 Å². The van der Waals surface area contributed by atoms with Crippen molar-refractivity contribution in [3.8, 4) is 0 Å². The Hall–Kier alpha value is -0.540. The summed E-state index contributed by atoms with van der Waals surface area (Å²) in [4.78, 5) is 5.19. The molecule has 0 spiro atoms. The van der Waals surface area contributed by atoms with Crippen molar-refractivity contribution >= 4 is 32.2 Å². The maximum absolute atomic E-state index is 6.01. The molecule has 0 bridgehead atoms. The fourth-order valence-corrected chi connectivity index (χ4v) is 1.89. The lowest BCUT2D eigenvalue weighted by Crippen LogP contribution is -1.97. The molecule has 0 saturated carbocycles. The van der Waals surface area contributed by atoms with Gasteiger partial charge in [0.1, 0.15) is 4.62 Å². The summed E-state index contributed by atoms with van der Waals surface area (Å²) in [5, 5.41) is 4.54. The van der Waals surface area contributed by atoms with Crippen LogP contribution in [0.1, 0.15) is 18.1 Å². The quantitative estimate of drug-likeness (QED) is 0.757. The van der Waals surface area contributed by atoms with Gasteiger partial charge in [-0.25, -0.2) is 0 Å². The summed E-state index contributed by atoms with van der Waals surface area (Å²) < 4.78 is 0.831. The molecule has 0 N–H and O–H groups in total. The van der Waals surface area contributed by atoms with E-state index in [1.54, 1.807) is 0 Å². The number of nitrogens with zero attached hydrogens (tertiary/aromatic N) is 1. The van der Waals surface area contributed by atoms with Crippen molar-refractivity contribution < 1.29 is 4.84 Å². The zero-order valence-electron chi connectivity index (χ0n) is 6.71. The van der Waals surface area contributed by atoms with E-state index in [-0.39, 0.29) is 6.10 Å². The molecule has 0 radical (unpaired) electrons. The van der Waals surface area contributed by atoms with Crippen LogP contribution in [0.3, 0.4) is 0 Å². The van der Waals surface area contributed by atoms with E-state index < -0.39 is 0 Å². The summed E-state index contributed by atoms with van der Waals surface area (Å²) in [6.07, 6.45) is 0.715. The Kier molecular flexibility index (Phi) is 2.56. The van der Waals surface area contributed by atoms with Gasteiger partial charge in [-0.3, -0.25) is 0 Å². The molecule has 1 aromatic carbocycles. The van der Waals surface area contributed by atoms with E-state index in [1.165, 1.54) is 0 Å². The Bertz CT molecular complexity index is 353. The number of halogens is 2. The fourth-order valence-electron chi connectivity index (χ4n) is 1.25. The van der Waals surface area contributed by atoms with Gasteiger partial charge < -0.3 is 4.84 Å². The Morgan fingerprint density at radius 1 is 1.46 bits per heavy atom. The molecule has 2 rings (SSSR count). The van der Waals surface area contributed by atoms with Gasteiger partial charge in [-0.15, -0.1) is 0 Å². The van der Waals surface area contributed by atoms with Gasteiger partial charge in [0.05, 0.1) is 0 Å². The third kappa shape index (κ3) is 1.86. The molecule has 1 heterocycles. The van der Waals surface area contributed by atoms with Crippen molar-refractivity contribution in [3.63, 3.8) is 0 Å². The highest BCUT2D eigenvalue weighted by molar-refractivity contribution is 9.18. The molecule has 4 heteroatoms. The lowest BCUT2D eigenvalue weighted by molar-refractivity contribution is 0.0858. The molecule has 0 aliphatic carbocycles. The lowest BCUT2D eigenvalue weighted by atomic mass is 10.1. The van der Waals surface area contributed by atoms with Crippen LogP contribution in [0.5, 0.6) is 0 Å². The minimum absolute atomic E-state index is 0.0388. The number of oxime groups is 1. The number of hydrogen-bond acceptors (Lipinski definition) is 2. The summed E-state index contributed by atoms with van der Waals surface area (Å²) in [6.45, 7) is 0. The third-order valence-electron chi connectivity index (χ3n) is 1.88. The van der Waals surface area contributed by atoms with Crippen LogP contribution in [0.4, 0.5) is 0 Å². The van der Waals surface area contributed by atoms with Crippen molar-refractivity contribution in [2.45, 2.75) is 12.5 Å². The van der Waals surface area contributed by atoms with E-state index in [2.05, 4.69) is 21.1 Å². The van der Waals surface area contributed by atoms with E-state index in [0.29, 0.717) is 0 Å². The van der Waals surface area contributed by atoms with E-state index in [0.717, 1.165) is 21.6 Å². The van der Waals surface area contributed by atoms with Crippen molar-refractivity contribution in [3.05, 3.63) is 34.9 Å². The Balaban J connectivity index is 2.23. The first-order valence-corrected chi connectivity index (χ1v) is 5.07. The van der Waals surface area contributed by atoms with Crippen LogP contribution in [0.15, 0.2) is 29.4 Å². The highest BCUT2D eigenvalue weighted by Crippen LogP contribution is 2.32. The maximum atomic E-state index is 6.01. The normalized spacial score (nSPS) is 21.1. The molecule has 13 heavy (non-hydrogen) atoms. The molecule has 1 aliphatic rings. The number of hydrogen-bond donors (Lipinski definition) is 0. The minimum Gasteiger partial charge on any atom is -0.386 e. The highest BCUT2D eigenvalue weighted by atomic mass is 79.9. The standard InChI is InChI=1S/C9H7BrClNO/c10-9-5-8(13-12-9)6-3-1-2-4-7(6)11/h1-4,8H,5H2. The van der Waals surface area contributed by atoms with Crippen LogP contribution in [0, 0.1) is 0 Å². The van der Waals surface area contributed by atoms with Gasteiger partial charge in [0.25, 0.3) is 0 Å². The minimum atomic E-state index is -0.0388. The first kappa shape index (κ1) is 9.03. The molecule has 0 saturated heterocycles. The van der Waals surface area contributed by atoms with Crippen LogP contribution in [0.25, 0.3) is 0 Å². The molecule has 0 amide bonds. The molecule has 1 aromatic rings. The smallest absolute Gasteiger partial charge is 0.160 e. The van der Waals surface area contributed by atoms with Crippen LogP contribution < -0.4 is 0 Å². The molecule has 1 unspecified atom stereocenters. The second kappa shape index (κ2) is 3.68. The first-order chi connectivity index (χ1) is 6.27. The Morgan fingerprint density at radius 3 is 2.85 bits per heavy atom. The van der Waals surface area contributed by atoms with Gasteiger partial charge in [0.15, 0.2) is 6.10 Å². The van der Waals surface area contributed by atoms with E-state index in [1.807, 2.05) is 24.3 Å². The average molecular weight is 261 g/mol. The van der Waals surface area contributed by atoms with Crippen LogP contribution >= 0.6 is 27.5 Å². The van der Waals surface area contributed by atoms with Crippen molar-refractivity contribution in [1.82, 2.24) is 0 Å². The summed E-state index contributed by atoms with van der Waals surface area (Å²) in [7, 11) is 0. The molecule has 68 valence electrons. The average Bonchev–Trinajstić information content (AvgIpc) is 2.53. The van der Waals surface area contributed by atoms with Gasteiger partial charge >= 0.3 is 0 Å². The molecule has 1 aliphatic heterocycles. The SMILES string of the molecule is Clc1ccccc1C1CC(Br)=NO1. The van der Waals surface area contributed by atoms with Gasteiger partial charge in [-0.2, -0.15) is 0 Å². The number of rotatable bonds is 1. The van der Waals surface area contributed by atoms with E-state index in [4.69, 9.17) is 16.4 Å². The van der Waals surface area contributed by atoms with Gasteiger partial charge in [-0.1, -0.05) is 35.0 Å². The Labute approximate surface area is 89.7 Å². The summed E-state index contributed by atoms with van der Waals surface area (Å²) in [5.74, 6) is 0. The number of benzene rings is 1. The first-order valence-electron chi connectivity index (χ1n) is 3.90. The van der Waals surface area contributed by atoms with Crippen LogP contribution in [0.2, 0.25) is 5.02 Å². The molecular weight excluding hydrogens is 253 g/mol. The summed E-state index contributed by atoms with van der Waals surface area (Å²) in [5.41, 5.74) is 0.988. The third-order valence-corrected chi connectivity index (χ3v) is 2.70. The van der Waals surface area contributed by atoms with Gasteiger partial charge in [0.2, 0.25) is 0 Å². The zero-order valence-corrected chi connectivity index (χ0v) is 9.05. The second-order valence-electron chi connectivity index (χ2n) is 2.79. The maximum Gasteiger partial charge on any atom is 0.160 e. The topological polar surface area (TPSA) is 21.6 Å². The second-order valence-corrected chi connectivity index (χ2v) is 4.11. The van der Waals surface area contributed by atoms with Gasteiger partial charge in [-0.05, 0) is 22.0 Å². The molecule has 2 nitrogen and oxygen atoms in total. The highest BCUT2D eigenvalue weighted by Gasteiger charge is 2.22. The molecule has 0 fully saturated rings. The van der Waals surface area contributed by atoms with Gasteiger partial charge in [0, 0.05) is 17.0 Å². The molecule has 0 aromatic heterocycles.